The van der Waals surface area contributed by atoms with Crippen LogP contribution in [-0.4, -0.2) is 54.6 Å². The third-order valence-corrected chi connectivity index (χ3v) is 6.51. The Bertz CT molecular complexity index is 1120. The van der Waals surface area contributed by atoms with Crippen molar-refractivity contribution in [3.05, 3.63) is 100 Å². The molecule has 6 nitrogen and oxygen atoms in total. The summed E-state index contributed by atoms with van der Waals surface area (Å²) in [6.45, 7) is 9.53. The van der Waals surface area contributed by atoms with E-state index >= 15 is 0 Å². The van der Waals surface area contributed by atoms with Gasteiger partial charge in [0, 0.05) is 25.7 Å². The van der Waals surface area contributed by atoms with Gasteiger partial charge in [0.2, 0.25) is 0 Å². The number of halogens is 1. The van der Waals surface area contributed by atoms with E-state index < -0.39 is 0 Å². The van der Waals surface area contributed by atoms with Gasteiger partial charge in [-0.1, -0.05) is 66.2 Å². The number of hydrogen-bond acceptors (Lipinski definition) is 5. The number of aliphatic hydroxyl groups is 2. The Kier molecular flexibility index (Phi) is 8.04. The molecule has 2 N–H and O–H groups in total. The summed E-state index contributed by atoms with van der Waals surface area (Å²) >= 11 is 6.68. The maximum atomic E-state index is 10.3. The lowest BCUT2D eigenvalue weighted by Crippen LogP contribution is -2.50. The number of rotatable bonds is 8. The monoisotopic (exact) mass is 477 g/mol. The van der Waals surface area contributed by atoms with Crippen LogP contribution in [0.4, 0.5) is 11.4 Å². The molecule has 3 aromatic carbocycles. The fourth-order valence-electron chi connectivity index (χ4n) is 4.51. The molecule has 2 atom stereocenters. The van der Waals surface area contributed by atoms with Crippen molar-refractivity contribution >= 4 is 23.0 Å². The zero-order valence-corrected chi connectivity index (χ0v) is 19.6. The molecule has 0 amide bonds. The zero-order valence-electron chi connectivity index (χ0n) is 18.8. The molecule has 1 aliphatic rings. The first kappa shape index (κ1) is 24.1. The van der Waals surface area contributed by atoms with Crippen LogP contribution in [0.3, 0.4) is 0 Å². The van der Waals surface area contributed by atoms with E-state index in [1.165, 1.54) is 5.56 Å². The van der Waals surface area contributed by atoms with Crippen LogP contribution in [-0.2, 0) is 0 Å². The lowest BCUT2D eigenvalue weighted by Gasteiger charge is -2.46. The van der Waals surface area contributed by atoms with Gasteiger partial charge in [-0.05, 0) is 23.3 Å². The standard InChI is InChI=1S/C27H28ClN3O3/c1-29-22-9-7-21(8-10-22)27(19-33)30-13-14-31(26(18-30)20-5-3-2-4-6-20)25-12-11-23(17-24(25)28)34-16-15-32/h2-12,17,26-27,32-33H,13-16,18-19H2/t26-,27?/m0/s1. The van der Waals surface area contributed by atoms with Gasteiger partial charge < -0.3 is 19.8 Å². The highest BCUT2D eigenvalue weighted by Crippen LogP contribution is 2.38. The topological polar surface area (TPSA) is 60.5 Å². The summed E-state index contributed by atoms with van der Waals surface area (Å²) in [7, 11) is 0. The first-order valence-electron chi connectivity index (χ1n) is 11.3. The molecule has 176 valence electrons. The van der Waals surface area contributed by atoms with Crippen LogP contribution < -0.4 is 9.64 Å². The smallest absolute Gasteiger partial charge is 0.187 e. The molecular formula is C27H28ClN3O3. The first-order chi connectivity index (χ1) is 16.6. The number of anilines is 1. The van der Waals surface area contributed by atoms with Gasteiger partial charge in [0.1, 0.15) is 12.4 Å². The highest BCUT2D eigenvalue weighted by molar-refractivity contribution is 6.33. The molecule has 0 radical (unpaired) electrons. The third-order valence-electron chi connectivity index (χ3n) is 6.21. The second-order valence-electron chi connectivity index (χ2n) is 8.20. The van der Waals surface area contributed by atoms with Gasteiger partial charge in [0.15, 0.2) is 5.69 Å². The molecule has 0 aromatic heterocycles. The summed E-state index contributed by atoms with van der Waals surface area (Å²) in [5.74, 6) is 0.626. The number of aliphatic hydroxyl groups excluding tert-OH is 2. The second kappa shape index (κ2) is 11.4. The molecule has 1 aliphatic heterocycles. The van der Waals surface area contributed by atoms with Crippen LogP contribution in [0.2, 0.25) is 5.02 Å². The van der Waals surface area contributed by atoms with E-state index in [0.29, 0.717) is 23.0 Å². The first-order valence-corrected chi connectivity index (χ1v) is 11.7. The number of piperazine rings is 1. The average molecular weight is 478 g/mol. The molecule has 4 rings (SSSR count). The van der Waals surface area contributed by atoms with Crippen molar-refractivity contribution in [2.24, 2.45) is 0 Å². The molecule has 0 bridgehead atoms. The van der Waals surface area contributed by atoms with E-state index in [0.717, 1.165) is 24.3 Å². The summed E-state index contributed by atoms with van der Waals surface area (Å²) in [6.07, 6.45) is 0. The predicted molar refractivity (Wildman–Crippen MR) is 135 cm³/mol. The molecule has 0 saturated carbocycles. The number of hydrogen-bond donors (Lipinski definition) is 2. The Morgan fingerprint density at radius 3 is 2.44 bits per heavy atom. The molecule has 7 heteroatoms. The summed E-state index contributed by atoms with van der Waals surface area (Å²) in [5.41, 5.74) is 3.68. The van der Waals surface area contributed by atoms with Crippen LogP contribution in [0.25, 0.3) is 4.85 Å². The van der Waals surface area contributed by atoms with Gasteiger partial charge in [-0.3, -0.25) is 4.90 Å². The van der Waals surface area contributed by atoms with E-state index in [1.54, 1.807) is 18.2 Å². The van der Waals surface area contributed by atoms with E-state index in [9.17, 15) is 5.11 Å². The summed E-state index contributed by atoms with van der Waals surface area (Å²) < 4.78 is 5.51. The molecule has 1 heterocycles. The Hall–Kier alpha value is -3.08. The van der Waals surface area contributed by atoms with Crippen molar-refractivity contribution < 1.29 is 14.9 Å². The van der Waals surface area contributed by atoms with Crippen LogP contribution in [0, 0.1) is 6.57 Å². The largest absolute Gasteiger partial charge is 0.491 e. The average Bonchev–Trinajstić information content (AvgIpc) is 2.89. The van der Waals surface area contributed by atoms with E-state index in [1.807, 2.05) is 42.5 Å². The molecular weight excluding hydrogens is 450 g/mol. The molecule has 3 aromatic rings. The fourth-order valence-corrected chi connectivity index (χ4v) is 4.79. The number of benzene rings is 3. The van der Waals surface area contributed by atoms with E-state index in [-0.39, 0.29) is 31.9 Å². The zero-order chi connectivity index (χ0) is 23.9. The molecule has 1 saturated heterocycles. The lowest BCUT2D eigenvalue weighted by molar-refractivity contribution is 0.103. The SMILES string of the molecule is [C-]#[N+]c1ccc(C(CO)N2CCN(c3ccc(OCCO)cc3Cl)[C@H](c3ccccc3)C2)cc1. The quantitative estimate of drug-likeness (QED) is 0.454. The van der Waals surface area contributed by atoms with Crippen LogP contribution in [0.15, 0.2) is 72.8 Å². The lowest BCUT2D eigenvalue weighted by atomic mass is 9.98. The Labute approximate surface area is 205 Å². The van der Waals surface area contributed by atoms with Crippen molar-refractivity contribution in [2.75, 3.05) is 44.4 Å². The Balaban J connectivity index is 1.62. The number of ether oxygens (including phenoxy) is 1. The van der Waals surface area contributed by atoms with Crippen molar-refractivity contribution in [3.63, 3.8) is 0 Å². The molecule has 1 fully saturated rings. The summed E-state index contributed by atoms with van der Waals surface area (Å²) in [4.78, 5) is 8.07. The van der Waals surface area contributed by atoms with Crippen molar-refractivity contribution in [1.82, 2.24) is 4.90 Å². The van der Waals surface area contributed by atoms with Gasteiger partial charge in [-0.15, -0.1) is 0 Å². The molecule has 1 unspecified atom stereocenters. The predicted octanol–water partition coefficient (Wildman–Crippen LogP) is 4.86. The van der Waals surface area contributed by atoms with Gasteiger partial charge in [-0.2, -0.15) is 0 Å². The van der Waals surface area contributed by atoms with Gasteiger partial charge in [0.05, 0.1) is 42.6 Å². The number of nitrogens with zero attached hydrogens (tertiary/aromatic N) is 3. The van der Waals surface area contributed by atoms with Gasteiger partial charge in [-0.25, -0.2) is 4.85 Å². The van der Waals surface area contributed by atoms with E-state index in [4.69, 9.17) is 28.0 Å². The van der Waals surface area contributed by atoms with Crippen molar-refractivity contribution in [3.8, 4) is 5.75 Å². The third kappa shape index (κ3) is 5.35. The van der Waals surface area contributed by atoms with Crippen LogP contribution in [0.1, 0.15) is 23.2 Å². The minimum Gasteiger partial charge on any atom is -0.491 e. The Morgan fingerprint density at radius 2 is 1.79 bits per heavy atom. The van der Waals surface area contributed by atoms with Crippen molar-refractivity contribution in [2.45, 2.75) is 12.1 Å². The van der Waals surface area contributed by atoms with Gasteiger partial charge in [0.25, 0.3) is 0 Å². The normalized spacial score (nSPS) is 17.2. The highest BCUT2D eigenvalue weighted by Gasteiger charge is 2.33. The fraction of sp³-hybridized carbons (Fsp3) is 0.296. The Morgan fingerprint density at radius 1 is 1.03 bits per heavy atom. The second-order valence-corrected chi connectivity index (χ2v) is 8.61. The van der Waals surface area contributed by atoms with Crippen molar-refractivity contribution in [1.29, 1.82) is 0 Å². The van der Waals surface area contributed by atoms with Crippen LogP contribution in [0.5, 0.6) is 5.75 Å². The summed E-state index contributed by atoms with van der Waals surface area (Å²) in [6, 6.07) is 23.3. The summed E-state index contributed by atoms with van der Waals surface area (Å²) in [5, 5.41) is 19.9. The van der Waals surface area contributed by atoms with Gasteiger partial charge >= 0.3 is 0 Å². The molecule has 0 spiro atoms. The van der Waals surface area contributed by atoms with E-state index in [2.05, 4.69) is 26.8 Å². The minimum absolute atomic E-state index is 0.00345. The van der Waals surface area contributed by atoms with Crippen LogP contribution >= 0.6 is 11.6 Å². The molecule has 34 heavy (non-hydrogen) atoms. The maximum absolute atomic E-state index is 10.3. The maximum Gasteiger partial charge on any atom is 0.187 e. The minimum atomic E-state index is -0.155. The highest BCUT2D eigenvalue weighted by atomic mass is 35.5. The molecule has 0 aliphatic carbocycles.